The molecule has 0 aliphatic heterocycles. The summed E-state index contributed by atoms with van der Waals surface area (Å²) in [5.74, 6) is 0.372. The van der Waals surface area contributed by atoms with Crippen molar-refractivity contribution >= 4 is 5.97 Å². The van der Waals surface area contributed by atoms with Crippen LogP contribution in [0.4, 0.5) is 0 Å². The standard InChI is InChI=1S/C30H30N2O4/c1-3-4-10-27-26(29(34)32-28(31-27)19-20-11-14-23(33)15-12-20)18-21-13-16-24(22-8-6-5-7-9-22)25(17-21)30(35)36-2/h5-9,11-17,33H,3-4,10,18-19H2,1-2H3,(H,31,32,34). The third-order valence-electron chi connectivity index (χ3n) is 6.18. The van der Waals surface area contributed by atoms with E-state index in [1.54, 1.807) is 12.1 Å². The number of esters is 1. The fourth-order valence-corrected chi connectivity index (χ4v) is 4.27. The monoisotopic (exact) mass is 482 g/mol. The number of aromatic nitrogens is 2. The maximum absolute atomic E-state index is 13.2. The first-order valence-electron chi connectivity index (χ1n) is 12.1. The Kier molecular flexibility index (Phi) is 7.95. The lowest BCUT2D eigenvalue weighted by Crippen LogP contribution is -2.21. The van der Waals surface area contributed by atoms with E-state index in [-0.39, 0.29) is 11.3 Å². The van der Waals surface area contributed by atoms with E-state index < -0.39 is 5.97 Å². The molecule has 0 radical (unpaired) electrons. The Hall–Kier alpha value is -4.19. The highest BCUT2D eigenvalue weighted by Crippen LogP contribution is 2.26. The molecule has 184 valence electrons. The van der Waals surface area contributed by atoms with Crippen LogP contribution in [0.5, 0.6) is 5.75 Å². The quantitative estimate of drug-likeness (QED) is 0.309. The van der Waals surface area contributed by atoms with Gasteiger partial charge in [-0.05, 0) is 53.3 Å². The maximum atomic E-state index is 13.2. The van der Waals surface area contributed by atoms with Crippen LogP contribution in [0, 0.1) is 0 Å². The van der Waals surface area contributed by atoms with Gasteiger partial charge >= 0.3 is 5.97 Å². The lowest BCUT2D eigenvalue weighted by atomic mass is 9.94. The maximum Gasteiger partial charge on any atom is 0.338 e. The van der Waals surface area contributed by atoms with Gasteiger partial charge in [0.2, 0.25) is 0 Å². The number of unbranched alkanes of at least 4 members (excludes halogenated alkanes) is 1. The first-order valence-corrected chi connectivity index (χ1v) is 12.1. The average Bonchev–Trinajstić information content (AvgIpc) is 2.90. The molecule has 6 heteroatoms. The van der Waals surface area contributed by atoms with Crippen molar-refractivity contribution in [3.8, 4) is 16.9 Å². The number of methoxy groups -OCH3 is 1. The molecule has 0 fully saturated rings. The molecule has 0 aliphatic carbocycles. The number of carbonyl (C=O) groups excluding carboxylic acids is 1. The van der Waals surface area contributed by atoms with Crippen molar-refractivity contribution in [3.63, 3.8) is 0 Å². The van der Waals surface area contributed by atoms with Crippen LogP contribution in [0.2, 0.25) is 0 Å². The van der Waals surface area contributed by atoms with Crippen molar-refractivity contribution in [2.24, 2.45) is 0 Å². The number of benzene rings is 3. The molecular weight excluding hydrogens is 452 g/mol. The Morgan fingerprint density at radius 1 is 0.972 bits per heavy atom. The lowest BCUT2D eigenvalue weighted by molar-refractivity contribution is 0.0601. The van der Waals surface area contributed by atoms with Crippen molar-refractivity contribution in [1.29, 1.82) is 0 Å². The predicted octanol–water partition coefficient (Wildman–Crippen LogP) is 5.45. The second kappa shape index (κ2) is 11.5. The molecule has 36 heavy (non-hydrogen) atoms. The SMILES string of the molecule is CCCCc1nc(Cc2ccc(O)cc2)[nH]c(=O)c1Cc1ccc(-c2ccccc2)c(C(=O)OC)c1. The molecule has 0 saturated carbocycles. The topological polar surface area (TPSA) is 92.3 Å². The molecule has 2 N–H and O–H groups in total. The van der Waals surface area contributed by atoms with Gasteiger partial charge in [-0.3, -0.25) is 4.79 Å². The molecule has 0 saturated heterocycles. The Morgan fingerprint density at radius 2 is 1.69 bits per heavy atom. The van der Waals surface area contributed by atoms with Gasteiger partial charge in [0.25, 0.3) is 5.56 Å². The number of aromatic hydroxyl groups is 1. The smallest absolute Gasteiger partial charge is 0.338 e. The number of nitrogens with one attached hydrogen (secondary N) is 1. The van der Waals surface area contributed by atoms with Crippen LogP contribution in [0.1, 0.15) is 58.3 Å². The van der Waals surface area contributed by atoms with Crippen LogP contribution >= 0.6 is 0 Å². The van der Waals surface area contributed by atoms with Gasteiger partial charge in [0.15, 0.2) is 0 Å². The number of phenols is 1. The minimum absolute atomic E-state index is 0.170. The number of H-pyrrole nitrogens is 1. The number of aromatic amines is 1. The Balaban J connectivity index is 1.69. The number of aryl methyl sites for hydroxylation is 1. The fraction of sp³-hybridized carbons (Fsp3) is 0.233. The van der Waals surface area contributed by atoms with Crippen molar-refractivity contribution < 1.29 is 14.6 Å². The summed E-state index contributed by atoms with van der Waals surface area (Å²) in [5.41, 5.74) is 5.18. The van der Waals surface area contributed by atoms with Gasteiger partial charge in [-0.25, -0.2) is 9.78 Å². The molecule has 0 unspecified atom stereocenters. The normalized spacial score (nSPS) is 10.8. The molecule has 4 rings (SSSR count). The Morgan fingerprint density at radius 3 is 2.39 bits per heavy atom. The number of rotatable bonds is 9. The molecule has 1 heterocycles. The van der Waals surface area contributed by atoms with Gasteiger partial charge in [-0.2, -0.15) is 0 Å². The van der Waals surface area contributed by atoms with Crippen molar-refractivity contribution in [2.45, 2.75) is 39.0 Å². The highest BCUT2D eigenvalue weighted by molar-refractivity contribution is 5.97. The van der Waals surface area contributed by atoms with Gasteiger partial charge in [0.1, 0.15) is 11.6 Å². The molecule has 0 spiro atoms. The van der Waals surface area contributed by atoms with Crippen LogP contribution in [-0.2, 0) is 24.0 Å². The third kappa shape index (κ3) is 5.89. The summed E-state index contributed by atoms with van der Waals surface area (Å²) in [6.07, 6.45) is 3.43. The van der Waals surface area contributed by atoms with Crippen LogP contribution in [0.25, 0.3) is 11.1 Å². The first kappa shape index (κ1) is 24.9. The van der Waals surface area contributed by atoms with Crippen LogP contribution < -0.4 is 5.56 Å². The minimum Gasteiger partial charge on any atom is -0.508 e. The van der Waals surface area contributed by atoms with Gasteiger partial charge in [0.05, 0.1) is 18.4 Å². The predicted molar refractivity (Wildman–Crippen MR) is 140 cm³/mol. The second-order valence-electron chi connectivity index (χ2n) is 8.80. The van der Waals surface area contributed by atoms with Gasteiger partial charge in [-0.1, -0.05) is 67.9 Å². The van der Waals surface area contributed by atoms with E-state index in [9.17, 15) is 14.7 Å². The molecule has 0 atom stereocenters. The highest BCUT2D eigenvalue weighted by atomic mass is 16.5. The number of carbonyl (C=O) groups is 1. The van der Waals surface area contributed by atoms with E-state index in [4.69, 9.17) is 9.72 Å². The third-order valence-corrected chi connectivity index (χ3v) is 6.18. The number of hydrogen-bond donors (Lipinski definition) is 2. The van der Waals surface area contributed by atoms with Crippen molar-refractivity contribution in [1.82, 2.24) is 9.97 Å². The van der Waals surface area contributed by atoms with E-state index in [0.29, 0.717) is 36.2 Å². The van der Waals surface area contributed by atoms with Gasteiger partial charge in [-0.15, -0.1) is 0 Å². The van der Waals surface area contributed by atoms with Crippen LogP contribution in [0.15, 0.2) is 77.6 Å². The molecule has 1 aromatic heterocycles. The van der Waals surface area contributed by atoms with E-state index in [1.807, 2.05) is 60.7 Å². The molecular formula is C30H30N2O4. The van der Waals surface area contributed by atoms with Crippen LogP contribution in [-0.4, -0.2) is 28.2 Å². The second-order valence-corrected chi connectivity index (χ2v) is 8.80. The summed E-state index contributed by atoms with van der Waals surface area (Å²) in [6, 6.07) is 22.2. The summed E-state index contributed by atoms with van der Waals surface area (Å²) < 4.78 is 5.05. The van der Waals surface area contributed by atoms with Crippen LogP contribution in [0.3, 0.4) is 0 Å². The molecule has 3 aromatic carbocycles. The van der Waals surface area contributed by atoms with Gasteiger partial charge < -0.3 is 14.8 Å². The highest BCUT2D eigenvalue weighted by Gasteiger charge is 2.17. The van der Waals surface area contributed by atoms with Crippen molar-refractivity contribution in [2.75, 3.05) is 7.11 Å². The fourth-order valence-electron chi connectivity index (χ4n) is 4.27. The minimum atomic E-state index is -0.418. The van der Waals surface area contributed by atoms with Crippen molar-refractivity contribution in [3.05, 3.63) is 117 Å². The zero-order chi connectivity index (χ0) is 25.5. The summed E-state index contributed by atoms with van der Waals surface area (Å²) in [5, 5.41) is 9.53. The first-order chi connectivity index (χ1) is 17.5. The lowest BCUT2D eigenvalue weighted by Gasteiger charge is -2.13. The molecule has 4 aromatic rings. The van der Waals surface area contributed by atoms with E-state index >= 15 is 0 Å². The molecule has 0 bridgehead atoms. The number of phenolic OH excluding ortho intramolecular Hbond substituents is 1. The molecule has 0 amide bonds. The van der Waals surface area contributed by atoms with Gasteiger partial charge in [0, 0.05) is 18.4 Å². The summed E-state index contributed by atoms with van der Waals surface area (Å²) in [7, 11) is 1.37. The van der Waals surface area contributed by atoms with E-state index in [0.717, 1.165) is 40.8 Å². The Labute approximate surface area is 210 Å². The van der Waals surface area contributed by atoms with E-state index in [1.165, 1.54) is 7.11 Å². The zero-order valence-electron chi connectivity index (χ0n) is 20.6. The number of hydrogen-bond acceptors (Lipinski definition) is 5. The average molecular weight is 483 g/mol. The number of ether oxygens (including phenoxy) is 1. The molecule has 0 aliphatic rings. The number of nitrogens with zero attached hydrogens (tertiary/aromatic N) is 1. The largest absolute Gasteiger partial charge is 0.508 e. The molecule has 6 nitrogen and oxygen atoms in total. The zero-order valence-corrected chi connectivity index (χ0v) is 20.6. The summed E-state index contributed by atoms with van der Waals surface area (Å²) in [4.78, 5) is 33.6. The summed E-state index contributed by atoms with van der Waals surface area (Å²) >= 11 is 0. The van der Waals surface area contributed by atoms with E-state index in [2.05, 4.69) is 11.9 Å². The summed E-state index contributed by atoms with van der Waals surface area (Å²) in [6.45, 7) is 2.11. The Bertz CT molecular complexity index is 1390.